The standard InChI is InChI=1S/C12H18N2S/c1-4-5-6-14-12(8-13)11-7-9(2)15-10(11)3/h1,7,12,14H,5-6,8,13H2,2-3H3. The number of aryl methyl sites for hydroxylation is 2. The van der Waals surface area contributed by atoms with Crippen LogP contribution < -0.4 is 11.1 Å². The molecule has 2 nitrogen and oxygen atoms in total. The Morgan fingerprint density at radius 3 is 2.80 bits per heavy atom. The van der Waals surface area contributed by atoms with Gasteiger partial charge in [-0.25, -0.2) is 0 Å². The fourth-order valence-electron chi connectivity index (χ4n) is 1.64. The average Bonchev–Trinajstić information content (AvgIpc) is 2.53. The summed E-state index contributed by atoms with van der Waals surface area (Å²) < 4.78 is 0. The zero-order valence-electron chi connectivity index (χ0n) is 9.34. The highest BCUT2D eigenvalue weighted by Gasteiger charge is 2.13. The number of terminal acetylenes is 1. The molecule has 1 unspecified atom stereocenters. The van der Waals surface area contributed by atoms with Crippen molar-refractivity contribution in [2.45, 2.75) is 26.3 Å². The van der Waals surface area contributed by atoms with Gasteiger partial charge >= 0.3 is 0 Å². The summed E-state index contributed by atoms with van der Waals surface area (Å²) in [5.41, 5.74) is 7.07. The van der Waals surface area contributed by atoms with Crippen molar-refractivity contribution in [1.82, 2.24) is 5.32 Å². The van der Waals surface area contributed by atoms with Gasteiger partial charge in [-0.1, -0.05) is 0 Å². The monoisotopic (exact) mass is 222 g/mol. The number of hydrogen-bond donors (Lipinski definition) is 2. The van der Waals surface area contributed by atoms with Crippen LogP contribution in [0.3, 0.4) is 0 Å². The minimum Gasteiger partial charge on any atom is -0.329 e. The van der Waals surface area contributed by atoms with Crippen molar-refractivity contribution < 1.29 is 0 Å². The smallest absolute Gasteiger partial charge is 0.0455 e. The predicted octanol–water partition coefficient (Wildman–Crippen LogP) is 1.98. The lowest BCUT2D eigenvalue weighted by molar-refractivity contribution is 0.550. The van der Waals surface area contributed by atoms with Crippen molar-refractivity contribution in [2.75, 3.05) is 13.1 Å². The minimum absolute atomic E-state index is 0.239. The van der Waals surface area contributed by atoms with Crippen LogP contribution in [0.25, 0.3) is 0 Å². The maximum Gasteiger partial charge on any atom is 0.0455 e. The van der Waals surface area contributed by atoms with Crippen LogP contribution in [-0.4, -0.2) is 13.1 Å². The Hall–Kier alpha value is -0.820. The summed E-state index contributed by atoms with van der Waals surface area (Å²) in [5, 5.41) is 3.38. The van der Waals surface area contributed by atoms with Gasteiger partial charge in [0.1, 0.15) is 0 Å². The van der Waals surface area contributed by atoms with Crippen LogP contribution in [0, 0.1) is 26.2 Å². The Bertz CT molecular complexity index is 349. The van der Waals surface area contributed by atoms with Gasteiger partial charge in [0.25, 0.3) is 0 Å². The van der Waals surface area contributed by atoms with Gasteiger partial charge in [0, 0.05) is 35.3 Å². The predicted molar refractivity (Wildman–Crippen MR) is 67.0 cm³/mol. The third-order valence-electron chi connectivity index (χ3n) is 2.35. The molecule has 1 aromatic heterocycles. The van der Waals surface area contributed by atoms with Crippen LogP contribution in [-0.2, 0) is 0 Å². The molecule has 1 aromatic rings. The fraction of sp³-hybridized carbons (Fsp3) is 0.500. The van der Waals surface area contributed by atoms with E-state index in [4.69, 9.17) is 12.2 Å². The quantitative estimate of drug-likeness (QED) is 0.590. The maximum atomic E-state index is 5.76. The summed E-state index contributed by atoms with van der Waals surface area (Å²) in [6.07, 6.45) is 5.96. The lowest BCUT2D eigenvalue weighted by Gasteiger charge is -2.16. The second-order valence-corrected chi connectivity index (χ2v) is 5.03. The Balaban J connectivity index is 2.66. The van der Waals surface area contributed by atoms with Crippen LogP contribution in [0.4, 0.5) is 0 Å². The molecule has 3 N–H and O–H groups in total. The fourth-order valence-corrected chi connectivity index (χ4v) is 2.62. The molecule has 0 fully saturated rings. The van der Waals surface area contributed by atoms with Crippen LogP contribution in [0.2, 0.25) is 0 Å². The molecule has 0 spiro atoms. The molecule has 82 valence electrons. The van der Waals surface area contributed by atoms with Crippen molar-refractivity contribution >= 4 is 11.3 Å². The van der Waals surface area contributed by atoms with E-state index in [1.54, 1.807) is 0 Å². The number of nitrogens with two attached hydrogens (primary N) is 1. The van der Waals surface area contributed by atoms with E-state index < -0.39 is 0 Å². The first-order chi connectivity index (χ1) is 7.19. The molecule has 15 heavy (non-hydrogen) atoms. The van der Waals surface area contributed by atoms with Gasteiger partial charge in [0.15, 0.2) is 0 Å². The third-order valence-corrected chi connectivity index (χ3v) is 3.33. The number of hydrogen-bond acceptors (Lipinski definition) is 3. The van der Waals surface area contributed by atoms with Crippen LogP contribution in [0.15, 0.2) is 6.07 Å². The Labute approximate surface area is 95.9 Å². The highest BCUT2D eigenvalue weighted by Crippen LogP contribution is 2.25. The Morgan fingerprint density at radius 2 is 2.33 bits per heavy atom. The third kappa shape index (κ3) is 3.35. The molecule has 0 aliphatic heterocycles. The number of nitrogens with one attached hydrogen (secondary N) is 1. The maximum absolute atomic E-state index is 5.76. The summed E-state index contributed by atoms with van der Waals surface area (Å²) in [6, 6.07) is 2.45. The molecule has 0 radical (unpaired) electrons. The van der Waals surface area contributed by atoms with Crippen LogP contribution in [0.1, 0.15) is 27.8 Å². The zero-order valence-corrected chi connectivity index (χ0v) is 10.2. The SMILES string of the molecule is C#CCCNC(CN)c1cc(C)sc1C. The van der Waals surface area contributed by atoms with Crippen molar-refractivity contribution in [2.24, 2.45) is 5.73 Å². The molecule has 0 aliphatic carbocycles. The largest absolute Gasteiger partial charge is 0.329 e. The van der Waals surface area contributed by atoms with Gasteiger partial charge in [-0.3, -0.25) is 0 Å². The number of thiophene rings is 1. The Morgan fingerprint density at radius 1 is 1.60 bits per heavy atom. The topological polar surface area (TPSA) is 38.0 Å². The molecule has 0 bridgehead atoms. The molecule has 0 aliphatic rings. The van der Waals surface area contributed by atoms with Gasteiger partial charge < -0.3 is 11.1 Å². The highest BCUT2D eigenvalue weighted by molar-refractivity contribution is 7.12. The molecule has 1 atom stereocenters. The number of rotatable bonds is 5. The van der Waals surface area contributed by atoms with Gasteiger partial charge in [0.2, 0.25) is 0 Å². The Kier molecular flexibility index (Phi) is 4.83. The van der Waals surface area contributed by atoms with Gasteiger partial charge in [-0.15, -0.1) is 23.7 Å². The average molecular weight is 222 g/mol. The van der Waals surface area contributed by atoms with E-state index in [2.05, 4.69) is 31.2 Å². The van der Waals surface area contributed by atoms with Crippen molar-refractivity contribution in [1.29, 1.82) is 0 Å². The normalized spacial score (nSPS) is 12.4. The van der Waals surface area contributed by atoms with Crippen molar-refractivity contribution in [3.05, 3.63) is 21.4 Å². The van der Waals surface area contributed by atoms with E-state index in [1.807, 2.05) is 11.3 Å². The second kappa shape index (κ2) is 5.92. The molecule has 0 saturated carbocycles. The summed E-state index contributed by atoms with van der Waals surface area (Å²) in [6.45, 7) is 5.70. The second-order valence-electron chi connectivity index (χ2n) is 3.57. The van der Waals surface area contributed by atoms with E-state index in [0.717, 1.165) is 13.0 Å². The van der Waals surface area contributed by atoms with Gasteiger partial charge in [-0.05, 0) is 25.5 Å². The summed E-state index contributed by atoms with van der Waals surface area (Å²) in [4.78, 5) is 2.68. The summed E-state index contributed by atoms with van der Waals surface area (Å²) >= 11 is 1.82. The first-order valence-electron chi connectivity index (χ1n) is 5.13. The molecule has 1 rings (SSSR count). The van der Waals surface area contributed by atoms with Crippen molar-refractivity contribution in [3.8, 4) is 12.3 Å². The van der Waals surface area contributed by atoms with Crippen LogP contribution in [0.5, 0.6) is 0 Å². The molecule has 1 heterocycles. The lowest BCUT2D eigenvalue weighted by atomic mass is 10.1. The molecule has 0 saturated heterocycles. The van der Waals surface area contributed by atoms with Crippen molar-refractivity contribution in [3.63, 3.8) is 0 Å². The van der Waals surface area contributed by atoms with E-state index in [9.17, 15) is 0 Å². The molecular formula is C12H18N2S. The van der Waals surface area contributed by atoms with Crippen LogP contribution >= 0.6 is 11.3 Å². The van der Waals surface area contributed by atoms with Gasteiger partial charge in [-0.2, -0.15) is 0 Å². The molecular weight excluding hydrogens is 204 g/mol. The highest BCUT2D eigenvalue weighted by atomic mass is 32.1. The van der Waals surface area contributed by atoms with E-state index in [1.165, 1.54) is 15.3 Å². The first kappa shape index (κ1) is 12.3. The van der Waals surface area contributed by atoms with E-state index in [-0.39, 0.29) is 6.04 Å². The van der Waals surface area contributed by atoms with E-state index >= 15 is 0 Å². The molecule has 0 aromatic carbocycles. The first-order valence-corrected chi connectivity index (χ1v) is 5.94. The summed E-state index contributed by atoms with van der Waals surface area (Å²) in [5.74, 6) is 2.62. The summed E-state index contributed by atoms with van der Waals surface area (Å²) in [7, 11) is 0. The lowest BCUT2D eigenvalue weighted by Crippen LogP contribution is -2.29. The minimum atomic E-state index is 0.239. The van der Waals surface area contributed by atoms with E-state index in [0.29, 0.717) is 6.54 Å². The van der Waals surface area contributed by atoms with Gasteiger partial charge in [0.05, 0.1) is 0 Å². The molecule has 3 heteroatoms. The zero-order chi connectivity index (χ0) is 11.3. The molecule has 0 amide bonds.